The van der Waals surface area contributed by atoms with Crippen LogP contribution in [0.4, 0.5) is 10.1 Å². The van der Waals surface area contributed by atoms with Crippen LogP contribution < -0.4 is 10.6 Å². The Balaban J connectivity index is 2.14. The van der Waals surface area contributed by atoms with Crippen molar-refractivity contribution in [1.29, 1.82) is 0 Å². The van der Waals surface area contributed by atoms with Crippen LogP contribution >= 0.6 is 28.1 Å². The van der Waals surface area contributed by atoms with Crippen LogP contribution in [0.3, 0.4) is 0 Å². The maximum atomic E-state index is 14.4. The van der Waals surface area contributed by atoms with Crippen molar-refractivity contribution in [3.8, 4) is 0 Å². The molecule has 0 saturated heterocycles. The topological polar surface area (TPSA) is 42.2 Å². The van der Waals surface area contributed by atoms with Gasteiger partial charge in [-0.25, -0.2) is 4.39 Å². The number of likely N-dealkylation sites (N-methyl/N-ethyl adjacent to an activating group) is 1. The largest absolute Gasteiger partial charge is 0.389 e. The number of pyridine rings is 1. The van der Waals surface area contributed by atoms with Crippen LogP contribution in [0.1, 0.15) is 11.3 Å². The minimum absolute atomic E-state index is 0.170. The highest BCUT2D eigenvalue weighted by Gasteiger charge is 2.15. The van der Waals surface area contributed by atoms with Crippen molar-refractivity contribution in [2.24, 2.45) is 5.73 Å². The zero-order valence-electron chi connectivity index (χ0n) is 11.5. The molecule has 0 radical (unpaired) electrons. The predicted molar refractivity (Wildman–Crippen MR) is 91.2 cm³/mol. The summed E-state index contributed by atoms with van der Waals surface area (Å²) < 4.78 is 14.7. The normalized spacial score (nSPS) is 10.4. The quantitative estimate of drug-likeness (QED) is 0.823. The van der Waals surface area contributed by atoms with Gasteiger partial charge in [-0.05, 0) is 40.2 Å². The number of nitrogens with two attached hydrogens (primary N) is 1. The maximum Gasteiger partial charge on any atom is 0.161 e. The summed E-state index contributed by atoms with van der Waals surface area (Å²) in [5.74, 6) is -0.358. The van der Waals surface area contributed by atoms with E-state index in [4.69, 9.17) is 18.0 Å². The molecule has 0 spiro atoms. The summed E-state index contributed by atoms with van der Waals surface area (Å²) in [7, 11) is 1.84. The lowest BCUT2D eigenvalue weighted by Crippen LogP contribution is -2.22. The van der Waals surface area contributed by atoms with Crippen LogP contribution in [0.15, 0.2) is 41.0 Å². The molecule has 1 heterocycles. The minimum Gasteiger partial charge on any atom is -0.389 e. The molecule has 0 bridgehead atoms. The van der Waals surface area contributed by atoms with Gasteiger partial charge in [0.2, 0.25) is 0 Å². The minimum atomic E-state index is -0.358. The molecule has 21 heavy (non-hydrogen) atoms. The third-order valence-corrected chi connectivity index (χ3v) is 4.16. The fraction of sp³-hybridized carbons (Fsp3) is 0.200. The molecule has 0 aliphatic carbocycles. The van der Waals surface area contributed by atoms with E-state index in [2.05, 4.69) is 20.9 Å². The summed E-state index contributed by atoms with van der Waals surface area (Å²) in [4.78, 5) is 6.27. The molecule has 0 fully saturated rings. The van der Waals surface area contributed by atoms with E-state index >= 15 is 0 Å². The third kappa shape index (κ3) is 3.77. The molecule has 1 aromatic heterocycles. The summed E-state index contributed by atoms with van der Waals surface area (Å²) in [5.41, 5.74) is 7.53. The number of hydrogen-bond acceptors (Lipinski definition) is 3. The Morgan fingerprint density at radius 1 is 1.38 bits per heavy atom. The molecule has 0 aliphatic rings. The van der Waals surface area contributed by atoms with Gasteiger partial charge in [0, 0.05) is 37.5 Å². The summed E-state index contributed by atoms with van der Waals surface area (Å²) in [6.07, 6.45) is 2.49. The molecular formula is C15H15BrFN3S. The van der Waals surface area contributed by atoms with Crippen LogP contribution in [-0.2, 0) is 6.42 Å². The zero-order valence-corrected chi connectivity index (χ0v) is 13.9. The van der Waals surface area contributed by atoms with E-state index in [9.17, 15) is 4.39 Å². The number of rotatable bonds is 5. The molecule has 2 aromatic rings. The number of hydrogen-bond donors (Lipinski definition) is 1. The number of nitrogens with zero attached hydrogens (tertiary/aromatic N) is 2. The van der Waals surface area contributed by atoms with E-state index in [1.807, 2.05) is 30.1 Å². The number of benzene rings is 1. The summed E-state index contributed by atoms with van der Waals surface area (Å²) in [6.45, 7) is 0.660. The van der Waals surface area contributed by atoms with Crippen LogP contribution in [0, 0.1) is 5.82 Å². The van der Waals surface area contributed by atoms with E-state index in [0.29, 0.717) is 22.3 Å². The standard InChI is InChI=1S/C15H15BrFN3S/c1-20(9-7-10-4-2-3-8-19-10)12-6-5-11(15(18)21)13(16)14(12)17/h2-6,8H,7,9H2,1H3,(H2,18,21). The van der Waals surface area contributed by atoms with Gasteiger partial charge in [-0.3, -0.25) is 4.98 Å². The lowest BCUT2D eigenvalue weighted by Gasteiger charge is -2.21. The van der Waals surface area contributed by atoms with Gasteiger partial charge < -0.3 is 10.6 Å². The Labute approximate surface area is 137 Å². The van der Waals surface area contributed by atoms with E-state index in [-0.39, 0.29) is 10.8 Å². The first-order valence-electron chi connectivity index (χ1n) is 6.39. The summed E-state index contributed by atoms with van der Waals surface area (Å²) in [6, 6.07) is 9.18. The van der Waals surface area contributed by atoms with Crippen molar-refractivity contribution in [2.75, 3.05) is 18.5 Å². The van der Waals surface area contributed by atoms with Gasteiger partial charge in [-0.1, -0.05) is 18.3 Å². The first-order valence-corrected chi connectivity index (χ1v) is 7.59. The number of thiocarbonyl (C=S) groups is 1. The van der Waals surface area contributed by atoms with Crippen molar-refractivity contribution in [2.45, 2.75) is 6.42 Å². The van der Waals surface area contributed by atoms with Crippen molar-refractivity contribution in [3.63, 3.8) is 0 Å². The van der Waals surface area contributed by atoms with Crippen LogP contribution in [0.5, 0.6) is 0 Å². The molecule has 0 atom stereocenters. The first-order chi connectivity index (χ1) is 10.0. The molecule has 1 aromatic carbocycles. The second-order valence-corrected chi connectivity index (χ2v) is 5.85. The summed E-state index contributed by atoms with van der Waals surface area (Å²) >= 11 is 8.11. The molecule has 0 aliphatic heterocycles. The molecule has 2 rings (SSSR count). The highest BCUT2D eigenvalue weighted by molar-refractivity contribution is 9.10. The zero-order chi connectivity index (χ0) is 15.4. The van der Waals surface area contributed by atoms with Gasteiger partial charge in [0.25, 0.3) is 0 Å². The molecule has 110 valence electrons. The van der Waals surface area contributed by atoms with Gasteiger partial charge in [-0.15, -0.1) is 0 Å². The van der Waals surface area contributed by atoms with E-state index in [0.717, 1.165) is 12.1 Å². The van der Waals surface area contributed by atoms with Crippen molar-refractivity contribution in [3.05, 3.63) is 58.1 Å². The Morgan fingerprint density at radius 2 is 2.14 bits per heavy atom. The number of anilines is 1. The monoisotopic (exact) mass is 367 g/mol. The van der Waals surface area contributed by atoms with Crippen LogP contribution in [-0.4, -0.2) is 23.6 Å². The van der Waals surface area contributed by atoms with Gasteiger partial charge >= 0.3 is 0 Å². The molecular weight excluding hydrogens is 353 g/mol. The highest BCUT2D eigenvalue weighted by atomic mass is 79.9. The van der Waals surface area contributed by atoms with Crippen molar-refractivity contribution < 1.29 is 4.39 Å². The van der Waals surface area contributed by atoms with E-state index in [1.54, 1.807) is 18.3 Å². The maximum absolute atomic E-state index is 14.4. The molecule has 3 nitrogen and oxygen atoms in total. The SMILES string of the molecule is CN(CCc1ccccn1)c1ccc(C(N)=S)c(Br)c1F. The average molecular weight is 368 g/mol. The molecule has 0 unspecified atom stereocenters. The lowest BCUT2D eigenvalue weighted by molar-refractivity contribution is 0.615. The Hall–Kier alpha value is -1.53. The molecule has 0 saturated carbocycles. The fourth-order valence-corrected chi connectivity index (χ4v) is 2.82. The average Bonchev–Trinajstić information content (AvgIpc) is 2.48. The Morgan fingerprint density at radius 3 is 2.76 bits per heavy atom. The lowest BCUT2D eigenvalue weighted by atomic mass is 10.1. The van der Waals surface area contributed by atoms with Crippen molar-refractivity contribution in [1.82, 2.24) is 4.98 Å². The van der Waals surface area contributed by atoms with Gasteiger partial charge in [-0.2, -0.15) is 0 Å². The number of aromatic nitrogens is 1. The van der Waals surface area contributed by atoms with Gasteiger partial charge in [0.05, 0.1) is 10.2 Å². The Bertz CT molecular complexity index is 649. The van der Waals surface area contributed by atoms with Crippen LogP contribution in [0.25, 0.3) is 0 Å². The summed E-state index contributed by atoms with van der Waals surface area (Å²) in [5, 5.41) is 0. The van der Waals surface area contributed by atoms with E-state index < -0.39 is 0 Å². The highest BCUT2D eigenvalue weighted by Crippen LogP contribution is 2.29. The molecule has 6 heteroatoms. The van der Waals surface area contributed by atoms with Gasteiger partial charge in [0.1, 0.15) is 4.99 Å². The first kappa shape index (κ1) is 15.9. The number of halogens is 2. The molecule has 2 N–H and O–H groups in total. The Kier molecular flexibility index (Phi) is 5.25. The van der Waals surface area contributed by atoms with E-state index in [1.165, 1.54) is 0 Å². The second kappa shape index (κ2) is 6.95. The second-order valence-electron chi connectivity index (χ2n) is 4.62. The van der Waals surface area contributed by atoms with Crippen molar-refractivity contribution >= 4 is 38.8 Å². The van der Waals surface area contributed by atoms with Crippen LogP contribution in [0.2, 0.25) is 0 Å². The third-order valence-electron chi connectivity index (χ3n) is 3.17. The smallest absolute Gasteiger partial charge is 0.161 e. The molecule has 0 amide bonds. The fourth-order valence-electron chi connectivity index (χ4n) is 1.97. The van der Waals surface area contributed by atoms with Gasteiger partial charge in [0.15, 0.2) is 5.82 Å². The predicted octanol–water partition coefficient (Wildman–Crippen LogP) is 3.30.